The molecule has 0 atom stereocenters. The maximum Gasteiger partial charge on any atom is 0.410 e. The van der Waals surface area contributed by atoms with E-state index in [1.807, 2.05) is 45.0 Å². The molecule has 2 aromatic rings. The number of anilines is 1. The molecule has 0 spiro atoms. The number of rotatable bonds is 5. The Kier molecular flexibility index (Phi) is 6.97. The molecule has 1 aliphatic rings. The molecule has 162 valence electrons. The molecule has 0 unspecified atom stereocenters. The van der Waals surface area contributed by atoms with Crippen LogP contribution in [0.25, 0.3) is 0 Å². The van der Waals surface area contributed by atoms with Gasteiger partial charge >= 0.3 is 12.1 Å². The predicted molar refractivity (Wildman–Crippen MR) is 113 cm³/mol. The van der Waals surface area contributed by atoms with Gasteiger partial charge in [-0.3, -0.25) is 0 Å². The number of amides is 3. The van der Waals surface area contributed by atoms with Gasteiger partial charge in [0.2, 0.25) is 0 Å². The Morgan fingerprint density at radius 2 is 1.90 bits per heavy atom. The van der Waals surface area contributed by atoms with Gasteiger partial charge in [-0.15, -0.1) is 0 Å². The topological polar surface area (TPSA) is 96.7 Å². The van der Waals surface area contributed by atoms with Crippen LogP contribution in [0.3, 0.4) is 0 Å². The fourth-order valence-electron chi connectivity index (χ4n) is 3.38. The molecule has 3 rings (SSSR count). The largest absolute Gasteiger partial charge is 0.447 e. The fraction of sp³-hybridized carbons (Fsp3) is 0.500. The van der Waals surface area contributed by atoms with E-state index in [1.165, 1.54) is 12.0 Å². The molecule has 0 bridgehead atoms. The molecule has 8 nitrogen and oxygen atoms in total. The minimum absolute atomic E-state index is 0.224. The predicted octanol–water partition coefficient (Wildman–Crippen LogP) is 4.19. The number of piperidine rings is 1. The molecule has 30 heavy (non-hydrogen) atoms. The van der Waals surface area contributed by atoms with Crippen molar-refractivity contribution in [2.24, 2.45) is 5.92 Å². The lowest BCUT2D eigenvalue weighted by Crippen LogP contribution is -2.42. The van der Waals surface area contributed by atoms with Crippen LogP contribution in [0.15, 0.2) is 41.3 Å². The zero-order chi connectivity index (χ0) is 21.6. The van der Waals surface area contributed by atoms with Crippen LogP contribution in [0, 0.1) is 5.92 Å². The summed E-state index contributed by atoms with van der Waals surface area (Å²) in [4.78, 5) is 29.7. The van der Waals surface area contributed by atoms with Crippen LogP contribution < -0.4 is 10.6 Å². The average Bonchev–Trinajstić information content (AvgIpc) is 3.21. The third kappa shape index (κ3) is 6.79. The highest BCUT2D eigenvalue weighted by molar-refractivity contribution is 5.89. The zero-order valence-electron chi connectivity index (χ0n) is 17.8. The number of benzene rings is 1. The van der Waals surface area contributed by atoms with E-state index in [9.17, 15) is 9.59 Å². The first-order valence-corrected chi connectivity index (χ1v) is 10.3. The first kappa shape index (κ1) is 21.7. The summed E-state index contributed by atoms with van der Waals surface area (Å²) in [5.41, 5.74) is 1.49. The van der Waals surface area contributed by atoms with Gasteiger partial charge in [-0.2, -0.15) is 0 Å². The van der Waals surface area contributed by atoms with Crippen molar-refractivity contribution in [2.45, 2.75) is 52.2 Å². The molecule has 1 aliphatic heterocycles. The van der Waals surface area contributed by atoms with Gasteiger partial charge in [0.25, 0.3) is 0 Å². The lowest BCUT2D eigenvalue weighted by Gasteiger charge is -2.33. The number of likely N-dealkylation sites (tertiary alicyclic amines) is 1. The van der Waals surface area contributed by atoms with Crippen molar-refractivity contribution in [3.63, 3.8) is 0 Å². The van der Waals surface area contributed by atoms with Crippen molar-refractivity contribution < 1.29 is 18.7 Å². The van der Waals surface area contributed by atoms with E-state index in [0.717, 1.165) is 38.0 Å². The van der Waals surface area contributed by atoms with Gasteiger partial charge in [0, 0.05) is 18.8 Å². The molecule has 0 radical (unpaired) electrons. The number of nitrogens with zero attached hydrogens (tertiary/aromatic N) is 2. The Hall–Kier alpha value is -3.03. The molecule has 3 amide bonds. The summed E-state index contributed by atoms with van der Waals surface area (Å²) in [7, 11) is 0. The molecule has 1 aromatic heterocycles. The lowest BCUT2D eigenvalue weighted by atomic mass is 9.90. The monoisotopic (exact) mass is 414 g/mol. The summed E-state index contributed by atoms with van der Waals surface area (Å²) in [5.74, 6) is 1.13. The summed E-state index contributed by atoms with van der Waals surface area (Å²) in [6.07, 6.45) is 5.55. The third-order valence-electron chi connectivity index (χ3n) is 4.91. The minimum atomic E-state index is -0.462. The molecule has 8 heteroatoms. The van der Waals surface area contributed by atoms with Gasteiger partial charge in [0.05, 0.1) is 12.7 Å². The Morgan fingerprint density at radius 3 is 2.50 bits per heavy atom. The average molecular weight is 415 g/mol. The highest BCUT2D eigenvalue weighted by Gasteiger charge is 2.26. The Bertz CT molecular complexity index is 820. The van der Waals surface area contributed by atoms with Gasteiger partial charge in [-0.05, 0) is 63.6 Å². The number of hydrogen-bond donors (Lipinski definition) is 2. The first-order valence-electron chi connectivity index (χ1n) is 10.3. The van der Waals surface area contributed by atoms with Crippen LogP contribution in [-0.4, -0.2) is 40.7 Å². The molecular weight excluding hydrogens is 384 g/mol. The van der Waals surface area contributed by atoms with Crippen molar-refractivity contribution >= 4 is 17.8 Å². The van der Waals surface area contributed by atoms with Crippen molar-refractivity contribution in [2.75, 3.05) is 18.4 Å². The summed E-state index contributed by atoms with van der Waals surface area (Å²) in [6.45, 7) is 7.39. The van der Waals surface area contributed by atoms with E-state index in [2.05, 4.69) is 15.6 Å². The summed E-state index contributed by atoms with van der Waals surface area (Å²) < 4.78 is 10.5. The lowest BCUT2D eigenvalue weighted by molar-refractivity contribution is 0.0184. The highest BCUT2D eigenvalue weighted by atomic mass is 16.6. The van der Waals surface area contributed by atoms with Crippen LogP contribution >= 0.6 is 0 Å². The smallest absolute Gasteiger partial charge is 0.410 e. The van der Waals surface area contributed by atoms with Crippen LogP contribution in [-0.2, 0) is 17.7 Å². The van der Waals surface area contributed by atoms with Gasteiger partial charge < -0.3 is 24.7 Å². The normalized spacial score (nSPS) is 15.0. The van der Waals surface area contributed by atoms with E-state index in [0.29, 0.717) is 11.7 Å². The Balaban J connectivity index is 1.40. The van der Waals surface area contributed by atoms with E-state index in [-0.39, 0.29) is 18.7 Å². The van der Waals surface area contributed by atoms with E-state index < -0.39 is 5.60 Å². The summed E-state index contributed by atoms with van der Waals surface area (Å²) in [5, 5.41) is 5.52. The van der Waals surface area contributed by atoms with Crippen LogP contribution in [0.4, 0.5) is 15.3 Å². The molecule has 1 saturated heterocycles. The number of aromatic nitrogens is 1. The van der Waals surface area contributed by atoms with Crippen molar-refractivity contribution in [3.05, 3.63) is 48.2 Å². The first-order chi connectivity index (χ1) is 14.3. The maximum atomic E-state index is 12.2. The number of carbonyl (C=O) groups excluding carboxylic acids is 2. The molecule has 0 aliphatic carbocycles. The van der Waals surface area contributed by atoms with Gasteiger partial charge in [-0.1, -0.05) is 12.1 Å². The van der Waals surface area contributed by atoms with E-state index in [4.69, 9.17) is 9.15 Å². The molecule has 1 aromatic carbocycles. The van der Waals surface area contributed by atoms with Crippen molar-refractivity contribution in [1.82, 2.24) is 15.2 Å². The second kappa shape index (κ2) is 9.65. The van der Waals surface area contributed by atoms with Crippen LogP contribution in [0.2, 0.25) is 0 Å². The number of hydrogen-bond acceptors (Lipinski definition) is 5. The molecule has 1 fully saturated rings. The summed E-state index contributed by atoms with van der Waals surface area (Å²) in [6, 6.07) is 7.57. The quantitative estimate of drug-likeness (QED) is 0.765. The molecule has 2 heterocycles. The maximum absolute atomic E-state index is 12.2. The number of carbonyl (C=O) groups is 2. The van der Waals surface area contributed by atoms with Gasteiger partial charge in [-0.25, -0.2) is 14.6 Å². The Morgan fingerprint density at radius 1 is 1.20 bits per heavy atom. The van der Waals surface area contributed by atoms with Crippen LogP contribution in [0.5, 0.6) is 0 Å². The van der Waals surface area contributed by atoms with Gasteiger partial charge in [0.1, 0.15) is 11.4 Å². The number of ether oxygens (including phenoxy) is 1. The fourth-order valence-corrected chi connectivity index (χ4v) is 3.38. The molecule has 0 saturated carbocycles. The SMILES string of the molecule is CC(C)(C)OC(=O)N1CCC(Cc2ccc(NC(=O)NCc3cnco3)cc2)CC1. The van der Waals surface area contributed by atoms with Crippen LogP contribution in [0.1, 0.15) is 44.9 Å². The van der Waals surface area contributed by atoms with E-state index in [1.54, 1.807) is 11.1 Å². The van der Waals surface area contributed by atoms with E-state index >= 15 is 0 Å². The number of oxazole rings is 1. The van der Waals surface area contributed by atoms with Crippen molar-refractivity contribution in [3.8, 4) is 0 Å². The summed E-state index contributed by atoms with van der Waals surface area (Å²) >= 11 is 0. The minimum Gasteiger partial charge on any atom is -0.447 e. The van der Waals surface area contributed by atoms with Crippen molar-refractivity contribution in [1.29, 1.82) is 0 Å². The van der Waals surface area contributed by atoms with Gasteiger partial charge in [0.15, 0.2) is 6.39 Å². The highest BCUT2D eigenvalue weighted by Crippen LogP contribution is 2.24. The molecule has 2 N–H and O–H groups in total. The third-order valence-corrected chi connectivity index (χ3v) is 4.91. The number of urea groups is 1. The second-order valence-corrected chi connectivity index (χ2v) is 8.59. The standard InChI is InChI=1S/C22H30N4O4/c1-22(2,3)30-21(28)26-10-8-17(9-11-26)12-16-4-6-18(7-5-16)25-20(27)24-14-19-13-23-15-29-19/h4-7,13,15,17H,8-12,14H2,1-3H3,(H2,24,25,27). The Labute approximate surface area is 177 Å². The zero-order valence-corrected chi connectivity index (χ0v) is 17.8. The number of nitrogens with one attached hydrogen (secondary N) is 2. The molecular formula is C22H30N4O4. The second-order valence-electron chi connectivity index (χ2n) is 8.59.